The second-order valence-corrected chi connectivity index (χ2v) is 7.09. The van der Waals surface area contributed by atoms with Gasteiger partial charge >= 0.3 is 0 Å². The van der Waals surface area contributed by atoms with E-state index in [4.69, 9.17) is 5.73 Å². The Morgan fingerprint density at radius 3 is 2.10 bits per heavy atom. The summed E-state index contributed by atoms with van der Waals surface area (Å²) in [6.07, 6.45) is 10.9. The fraction of sp³-hybridized carbons (Fsp3) is 0.875. The maximum absolute atomic E-state index is 12.6. The van der Waals surface area contributed by atoms with Crippen LogP contribution in [-0.2, 0) is 9.59 Å². The van der Waals surface area contributed by atoms with Gasteiger partial charge in [-0.25, -0.2) is 0 Å². The van der Waals surface area contributed by atoms with Crippen molar-refractivity contribution in [2.75, 3.05) is 0 Å². The molecule has 3 aliphatic rings. The standard InChI is InChI=1S/C16H26N2O2/c17-12-6-2-3-7-13(12)18-14(19)10-16(11-15(18)20)8-4-1-5-9-16/h12-13H,1-11,17H2/t12-,13-/m1/s1. The molecular formula is C16H26N2O2. The summed E-state index contributed by atoms with van der Waals surface area (Å²) in [4.78, 5) is 26.7. The Labute approximate surface area is 121 Å². The van der Waals surface area contributed by atoms with Crippen molar-refractivity contribution in [3.05, 3.63) is 0 Å². The average Bonchev–Trinajstić information content (AvgIpc) is 2.41. The van der Waals surface area contributed by atoms with E-state index in [-0.39, 0.29) is 29.3 Å². The molecule has 0 aromatic heterocycles. The molecule has 4 nitrogen and oxygen atoms in total. The number of hydrogen-bond acceptors (Lipinski definition) is 3. The van der Waals surface area contributed by atoms with E-state index in [9.17, 15) is 9.59 Å². The molecule has 1 spiro atoms. The Balaban J connectivity index is 1.75. The van der Waals surface area contributed by atoms with Crippen molar-refractivity contribution in [3.8, 4) is 0 Å². The minimum atomic E-state index is -0.0373. The monoisotopic (exact) mass is 278 g/mol. The number of nitrogens with two attached hydrogens (primary N) is 1. The first-order valence-electron chi connectivity index (χ1n) is 8.22. The topological polar surface area (TPSA) is 63.4 Å². The first-order valence-corrected chi connectivity index (χ1v) is 8.22. The lowest BCUT2D eigenvalue weighted by Crippen LogP contribution is -2.58. The van der Waals surface area contributed by atoms with Crippen molar-refractivity contribution in [3.63, 3.8) is 0 Å². The van der Waals surface area contributed by atoms with Gasteiger partial charge in [0.15, 0.2) is 0 Å². The lowest BCUT2D eigenvalue weighted by Gasteiger charge is -2.46. The van der Waals surface area contributed by atoms with Gasteiger partial charge in [0.2, 0.25) is 11.8 Å². The summed E-state index contributed by atoms with van der Waals surface area (Å²) in [6.45, 7) is 0. The number of likely N-dealkylation sites (tertiary alicyclic amines) is 1. The number of rotatable bonds is 1. The maximum atomic E-state index is 12.6. The molecule has 1 saturated heterocycles. The minimum absolute atomic E-state index is 0.0122. The number of amides is 2. The Bertz CT molecular complexity index is 381. The molecule has 1 aliphatic heterocycles. The molecule has 3 rings (SSSR count). The highest BCUT2D eigenvalue weighted by Crippen LogP contribution is 2.46. The molecule has 0 aromatic carbocycles. The summed E-state index contributed by atoms with van der Waals surface area (Å²) < 4.78 is 0. The highest BCUT2D eigenvalue weighted by Gasteiger charge is 2.47. The van der Waals surface area contributed by atoms with Gasteiger partial charge in [-0.3, -0.25) is 14.5 Å². The fourth-order valence-corrected chi connectivity index (χ4v) is 4.50. The van der Waals surface area contributed by atoms with Crippen LogP contribution in [0.2, 0.25) is 0 Å². The smallest absolute Gasteiger partial charge is 0.230 e. The van der Waals surface area contributed by atoms with Crippen LogP contribution in [0.5, 0.6) is 0 Å². The lowest BCUT2D eigenvalue weighted by molar-refractivity contribution is -0.159. The SMILES string of the molecule is N[C@@H]1CCCC[C@H]1N1C(=O)CC2(CCCCC2)CC1=O. The number of imide groups is 1. The van der Waals surface area contributed by atoms with Gasteiger partial charge in [-0.2, -0.15) is 0 Å². The zero-order valence-corrected chi connectivity index (χ0v) is 12.3. The van der Waals surface area contributed by atoms with E-state index in [2.05, 4.69) is 0 Å². The molecule has 2 amide bonds. The van der Waals surface area contributed by atoms with Crippen molar-refractivity contribution in [2.24, 2.45) is 11.1 Å². The molecule has 2 atom stereocenters. The Morgan fingerprint density at radius 1 is 0.900 bits per heavy atom. The van der Waals surface area contributed by atoms with Crippen LogP contribution in [0.3, 0.4) is 0 Å². The minimum Gasteiger partial charge on any atom is -0.326 e. The highest BCUT2D eigenvalue weighted by molar-refractivity contribution is 5.99. The third-order valence-corrected chi connectivity index (χ3v) is 5.62. The predicted molar refractivity (Wildman–Crippen MR) is 76.8 cm³/mol. The molecule has 0 aromatic rings. The molecule has 1 heterocycles. The summed E-state index contributed by atoms with van der Waals surface area (Å²) in [5.74, 6) is 0.0935. The normalized spacial score (nSPS) is 34.5. The van der Waals surface area contributed by atoms with Gasteiger partial charge in [0.05, 0.1) is 6.04 Å². The van der Waals surface area contributed by atoms with Crippen molar-refractivity contribution < 1.29 is 9.59 Å². The molecule has 2 saturated carbocycles. The van der Waals surface area contributed by atoms with Gasteiger partial charge < -0.3 is 5.73 Å². The van der Waals surface area contributed by atoms with Gasteiger partial charge in [0.1, 0.15) is 0 Å². The Morgan fingerprint density at radius 2 is 1.50 bits per heavy atom. The Kier molecular flexibility index (Phi) is 3.85. The maximum Gasteiger partial charge on any atom is 0.230 e. The largest absolute Gasteiger partial charge is 0.326 e. The number of carbonyl (C=O) groups excluding carboxylic acids is 2. The van der Waals surface area contributed by atoms with E-state index in [1.807, 2.05) is 0 Å². The molecule has 0 radical (unpaired) electrons. The van der Waals surface area contributed by atoms with Crippen LogP contribution in [0.15, 0.2) is 0 Å². The van der Waals surface area contributed by atoms with E-state index in [0.717, 1.165) is 38.5 Å². The first-order chi connectivity index (χ1) is 9.61. The molecule has 0 unspecified atom stereocenters. The average molecular weight is 278 g/mol. The lowest BCUT2D eigenvalue weighted by atomic mass is 9.67. The Hall–Kier alpha value is -0.900. The van der Waals surface area contributed by atoms with Crippen molar-refractivity contribution in [1.29, 1.82) is 0 Å². The zero-order valence-electron chi connectivity index (χ0n) is 12.3. The summed E-state index contributed by atoms with van der Waals surface area (Å²) in [5.41, 5.74) is 6.15. The van der Waals surface area contributed by atoms with Crippen LogP contribution in [0.4, 0.5) is 0 Å². The van der Waals surface area contributed by atoms with Gasteiger partial charge in [-0.15, -0.1) is 0 Å². The van der Waals surface area contributed by atoms with Crippen LogP contribution in [0.25, 0.3) is 0 Å². The quantitative estimate of drug-likeness (QED) is 0.749. The van der Waals surface area contributed by atoms with Crippen LogP contribution in [0.1, 0.15) is 70.6 Å². The number of piperidine rings is 1. The summed E-state index contributed by atoms with van der Waals surface area (Å²) in [6, 6.07) is -0.0539. The molecule has 0 bridgehead atoms. The number of hydrogen-bond donors (Lipinski definition) is 1. The molecule has 3 fully saturated rings. The third-order valence-electron chi connectivity index (χ3n) is 5.62. The summed E-state index contributed by atoms with van der Waals surface area (Å²) in [5, 5.41) is 0. The van der Waals surface area contributed by atoms with Crippen molar-refractivity contribution in [2.45, 2.75) is 82.7 Å². The van der Waals surface area contributed by atoms with Gasteiger partial charge in [-0.1, -0.05) is 32.1 Å². The van der Waals surface area contributed by atoms with Crippen LogP contribution >= 0.6 is 0 Å². The van der Waals surface area contributed by atoms with Gasteiger partial charge in [0, 0.05) is 18.9 Å². The van der Waals surface area contributed by atoms with Crippen LogP contribution in [-0.4, -0.2) is 28.8 Å². The van der Waals surface area contributed by atoms with E-state index in [1.165, 1.54) is 19.3 Å². The molecule has 2 aliphatic carbocycles. The van der Waals surface area contributed by atoms with E-state index in [1.54, 1.807) is 4.90 Å². The van der Waals surface area contributed by atoms with E-state index < -0.39 is 0 Å². The first kappa shape index (κ1) is 14.1. The predicted octanol–water partition coefficient (Wildman–Crippen LogP) is 2.36. The number of nitrogens with zero attached hydrogens (tertiary/aromatic N) is 1. The van der Waals surface area contributed by atoms with Crippen LogP contribution < -0.4 is 5.73 Å². The summed E-state index contributed by atoms with van der Waals surface area (Å²) >= 11 is 0. The van der Waals surface area contributed by atoms with Crippen molar-refractivity contribution >= 4 is 11.8 Å². The van der Waals surface area contributed by atoms with Gasteiger partial charge in [0.25, 0.3) is 0 Å². The molecular weight excluding hydrogens is 252 g/mol. The molecule has 4 heteroatoms. The second-order valence-electron chi connectivity index (χ2n) is 7.09. The molecule has 2 N–H and O–H groups in total. The fourth-order valence-electron chi connectivity index (χ4n) is 4.50. The molecule has 112 valence electrons. The van der Waals surface area contributed by atoms with Crippen LogP contribution in [0, 0.1) is 5.41 Å². The van der Waals surface area contributed by atoms with E-state index in [0.29, 0.717) is 12.8 Å². The highest BCUT2D eigenvalue weighted by atomic mass is 16.2. The number of carbonyl (C=O) groups is 2. The summed E-state index contributed by atoms with van der Waals surface area (Å²) in [7, 11) is 0. The second kappa shape index (κ2) is 5.47. The van der Waals surface area contributed by atoms with Gasteiger partial charge in [-0.05, 0) is 31.1 Å². The molecule has 20 heavy (non-hydrogen) atoms. The van der Waals surface area contributed by atoms with Crippen molar-refractivity contribution in [1.82, 2.24) is 4.90 Å². The zero-order chi connectivity index (χ0) is 14.2. The third kappa shape index (κ3) is 2.50. The van der Waals surface area contributed by atoms with E-state index >= 15 is 0 Å².